The number of likely N-dealkylation sites (tertiary alicyclic amines) is 2. The van der Waals surface area contributed by atoms with E-state index in [9.17, 15) is 4.79 Å². The highest BCUT2D eigenvalue weighted by atomic mass is 16.3. The molecule has 2 aromatic rings. The average molecular weight is 311 g/mol. The van der Waals surface area contributed by atoms with Crippen molar-refractivity contribution in [1.82, 2.24) is 14.8 Å². The van der Waals surface area contributed by atoms with E-state index in [2.05, 4.69) is 16.0 Å². The predicted molar refractivity (Wildman–Crippen MR) is 85.8 cm³/mol. The van der Waals surface area contributed by atoms with Crippen molar-refractivity contribution in [1.29, 1.82) is 0 Å². The van der Waals surface area contributed by atoms with Crippen molar-refractivity contribution in [2.75, 3.05) is 26.2 Å². The SMILES string of the molecule is Cc1ccc(CN2C[C@@H]3CN(C(=O)c4ccncc4)C[C@@H]3C2)o1. The number of carbonyl (C=O) groups excluding carboxylic acids is 1. The van der Waals surface area contributed by atoms with Crippen molar-refractivity contribution in [3.63, 3.8) is 0 Å². The van der Waals surface area contributed by atoms with Gasteiger partial charge in [-0.05, 0) is 43.0 Å². The summed E-state index contributed by atoms with van der Waals surface area (Å²) in [6, 6.07) is 7.66. The number of fused-ring (bicyclic) bond motifs is 1. The summed E-state index contributed by atoms with van der Waals surface area (Å²) in [5.74, 6) is 3.30. The molecular formula is C18H21N3O2. The average Bonchev–Trinajstić information content (AvgIpc) is 3.22. The second kappa shape index (κ2) is 5.81. The zero-order valence-corrected chi connectivity index (χ0v) is 13.3. The third kappa shape index (κ3) is 2.88. The lowest BCUT2D eigenvalue weighted by Gasteiger charge is -2.21. The van der Waals surface area contributed by atoms with Crippen LogP contribution in [0, 0.1) is 18.8 Å². The highest BCUT2D eigenvalue weighted by Crippen LogP contribution is 2.32. The zero-order valence-electron chi connectivity index (χ0n) is 13.3. The zero-order chi connectivity index (χ0) is 15.8. The van der Waals surface area contributed by atoms with E-state index in [1.807, 2.05) is 17.9 Å². The summed E-state index contributed by atoms with van der Waals surface area (Å²) in [5, 5.41) is 0. The number of pyridine rings is 1. The van der Waals surface area contributed by atoms with Crippen molar-refractivity contribution < 1.29 is 9.21 Å². The number of nitrogens with zero attached hydrogens (tertiary/aromatic N) is 3. The largest absolute Gasteiger partial charge is 0.465 e. The van der Waals surface area contributed by atoms with Gasteiger partial charge in [-0.3, -0.25) is 14.7 Å². The summed E-state index contributed by atoms with van der Waals surface area (Å²) in [4.78, 5) is 20.9. The maximum atomic E-state index is 12.5. The van der Waals surface area contributed by atoms with E-state index >= 15 is 0 Å². The summed E-state index contributed by atoms with van der Waals surface area (Å²) in [5.41, 5.74) is 0.739. The Balaban J connectivity index is 1.36. The van der Waals surface area contributed by atoms with Gasteiger partial charge in [-0.1, -0.05) is 0 Å². The summed E-state index contributed by atoms with van der Waals surface area (Å²) < 4.78 is 5.67. The number of furan rings is 1. The molecule has 0 spiro atoms. The van der Waals surface area contributed by atoms with Gasteiger partial charge in [0.2, 0.25) is 0 Å². The summed E-state index contributed by atoms with van der Waals surface area (Å²) in [6.07, 6.45) is 3.36. The lowest BCUT2D eigenvalue weighted by atomic mass is 10.0. The van der Waals surface area contributed by atoms with Crippen LogP contribution < -0.4 is 0 Å². The smallest absolute Gasteiger partial charge is 0.253 e. The number of aromatic nitrogens is 1. The standard InChI is InChI=1S/C18H21N3O2/c1-13-2-3-17(23-13)12-20-8-15-10-21(11-16(15)9-20)18(22)14-4-6-19-7-5-14/h2-7,15-16H,8-12H2,1H3/t15-,16+. The van der Waals surface area contributed by atoms with Crippen molar-refractivity contribution in [3.8, 4) is 0 Å². The van der Waals surface area contributed by atoms with E-state index < -0.39 is 0 Å². The van der Waals surface area contributed by atoms with Crippen LogP contribution in [0.3, 0.4) is 0 Å². The van der Waals surface area contributed by atoms with Gasteiger partial charge in [0.05, 0.1) is 6.54 Å². The molecule has 0 aromatic carbocycles. The van der Waals surface area contributed by atoms with Gasteiger partial charge in [0.1, 0.15) is 11.5 Å². The van der Waals surface area contributed by atoms with Gasteiger partial charge < -0.3 is 9.32 Å². The second-order valence-electron chi connectivity index (χ2n) is 6.67. The molecular weight excluding hydrogens is 290 g/mol. The molecule has 0 saturated carbocycles. The van der Waals surface area contributed by atoms with Gasteiger partial charge >= 0.3 is 0 Å². The van der Waals surface area contributed by atoms with Crippen molar-refractivity contribution in [3.05, 3.63) is 53.7 Å². The van der Waals surface area contributed by atoms with Crippen molar-refractivity contribution in [2.24, 2.45) is 11.8 Å². The van der Waals surface area contributed by atoms with Crippen molar-refractivity contribution >= 4 is 5.91 Å². The first-order valence-corrected chi connectivity index (χ1v) is 8.16. The molecule has 4 heterocycles. The fourth-order valence-electron chi connectivity index (χ4n) is 3.85. The van der Waals surface area contributed by atoms with Crippen LogP contribution in [0.5, 0.6) is 0 Å². The Morgan fingerprint density at radius 3 is 2.43 bits per heavy atom. The molecule has 2 atom stereocenters. The van der Waals surface area contributed by atoms with Crippen molar-refractivity contribution in [2.45, 2.75) is 13.5 Å². The first-order valence-electron chi connectivity index (χ1n) is 8.16. The Bertz CT molecular complexity index is 683. The van der Waals surface area contributed by atoms with Crippen LogP contribution in [0.15, 0.2) is 41.1 Å². The third-order valence-electron chi connectivity index (χ3n) is 4.95. The van der Waals surface area contributed by atoms with E-state index in [-0.39, 0.29) is 5.91 Å². The number of aryl methyl sites for hydroxylation is 1. The Hall–Kier alpha value is -2.14. The maximum Gasteiger partial charge on any atom is 0.253 e. The molecule has 2 fully saturated rings. The molecule has 1 amide bonds. The van der Waals surface area contributed by atoms with Gasteiger partial charge in [0.15, 0.2) is 0 Å². The molecule has 2 aliphatic rings. The van der Waals surface area contributed by atoms with E-state index in [0.29, 0.717) is 11.8 Å². The van der Waals surface area contributed by atoms with Crippen LogP contribution in [-0.2, 0) is 6.54 Å². The molecule has 0 N–H and O–H groups in total. The molecule has 5 nitrogen and oxygen atoms in total. The van der Waals surface area contributed by atoms with E-state index in [0.717, 1.165) is 49.8 Å². The van der Waals surface area contributed by atoms with Crippen LogP contribution in [0.1, 0.15) is 21.9 Å². The normalized spacial score (nSPS) is 24.1. The Morgan fingerprint density at radius 2 is 1.83 bits per heavy atom. The van der Waals surface area contributed by atoms with E-state index in [1.54, 1.807) is 24.5 Å². The summed E-state index contributed by atoms with van der Waals surface area (Å²) in [7, 11) is 0. The van der Waals surface area contributed by atoms with Gasteiger partial charge in [0.25, 0.3) is 5.91 Å². The quantitative estimate of drug-likeness (QED) is 0.872. The number of amides is 1. The lowest BCUT2D eigenvalue weighted by molar-refractivity contribution is 0.0772. The molecule has 0 radical (unpaired) electrons. The molecule has 0 unspecified atom stereocenters. The van der Waals surface area contributed by atoms with Gasteiger partial charge in [-0.2, -0.15) is 0 Å². The maximum absolute atomic E-state index is 12.5. The molecule has 0 bridgehead atoms. The highest BCUT2D eigenvalue weighted by Gasteiger charge is 2.41. The third-order valence-corrected chi connectivity index (χ3v) is 4.95. The minimum atomic E-state index is 0.134. The molecule has 4 rings (SSSR count). The van der Waals surface area contributed by atoms with Gasteiger partial charge in [-0.25, -0.2) is 0 Å². The van der Waals surface area contributed by atoms with Crippen LogP contribution in [0.2, 0.25) is 0 Å². The molecule has 120 valence electrons. The van der Waals surface area contributed by atoms with Crippen LogP contribution in [0.25, 0.3) is 0 Å². The Kier molecular flexibility index (Phi) is 3.65. The Morgan fingerprint density at radius 1 is 1.13 bits per heavy atom. The number of rotatable bonds is 3. The molecule has 2 aliphatic heterocycles. The molecule has 0 aliphatic carbocycles. The summed E-state index contributed by atoms with van der Waals surface area (Å²) >= 11 is 0. The van der Waals surface area contributed by atoms with Gasteiger partial charge in [-0.15, -0.1) is 0 Å². The fourth-order valence-corrected chi connectivity index (χ4v) is 3.85. The lowest BCUT2D eigenvalue weighted by Crippen LogP contribution is -2.33. The van der Waals surface area contributed by atoms with E-state index in [4.69, 9.17) is 4.42 Å². The second-order valence-corrected chi connectivity index (χ2v) is 6.67. The van der Waals surface area contributed by atoms with Crippen LogP contribution in [0.4, 0.5) is 0 Å². The summed E-state index contributed by atoms with van der Waals surface area (Å²) in [6.45, 7) is 6.66. The molecule has 2 saturated heterocycles. The van der Waals surface area contributed by atoms with E-state index in [1.165, 1.54) is 0 Å². The Labute approximate surface area is 135 Å². The monoisotopic (exact) mass is 311 g/mol. The fraction of sp³-hybridized carbons (Fsp3) is 0.444. The van der Waals surface area contributed by atoms with Crippen LogP contribution >= 0.6 is 0 Å². The minimum absolute atomic E-state index is 0.134. The molecule has 2 aromatic heterocycles. The number of hydrogen-bond donors (Lipinski definition) is 0. The van der Waals surface area contributed by atoms with Crippen LogP contribution in [-0.4, -0.2) is 46.9 Å². The predicted octanol–water partition coefficient (Wildman–Crippen LogP) is 2.19. The first-order chi connectivity index (χ1) is 11.2. The molecule has 23 heavy (non-hydrogen) atoms. The number of hydrogen-bond acceptors (Lipinski definition) is 4. The minimum Gasteiger partial charge on any atom is -0.465 e. The number of carbonyl (C=O) groups is 1. The highest BCUT2D eigenvalue weighted by molar-refractivity contribution is 5.94. The first kappa shape index (κ1) is 14.5. The van der Waals surface area contributed by atoms with Gasteiger partial charge in [0, 0.05) is 44.1 Å². The molecule has 5 heteroatoms. The topological polar surface area (TPSA) is 49.6 Å².